The third-order valence-electron chi connectivity index (χ3n) is 3.63. The van der Waals surface area contributed by atoms with E-state index >= 15 is 0 Å². The normalized spacial score (nSPS) is 36.2. The van der Waals surface area contributed by atoms with Crippen molar-refractivity contribution in [1.29, 1.82) is 0 Å². The van der Waals surface area contributed by atoms with Crippen molar-refractivity contribution >= 4 is 5.97 Å². The Bertz CT molecular complexity index is 251. The van der Waals surface area contributed by atoms with Crippen LogP contribution in [0.5, 0.6) is 0 Å². The van der Waals surface area contributed by atoms with Crippen molar-refractivity contribution in [3.8, 4) is 0 Å². The summed E-state index contributed by atoms with van der Waals surface area (Å²) < 4.78 is 4.82. The summed E-state index contributed by atoms with van der Waals surface area (Å²) in [5, 5.41) is 2.01. The summed E-state index contributed by atoms with van der Waals surface area (Å²) in [5.41, 5.74) is -0.760. The molecule has 2 aliphatic rings. The summed E-state index contributed by atoms with van der Waals surface area (Å²) in [6.07, 6.45) is 6.86. The Morgan fingerprint density at radius 3 is 2.88 bits per heavy atom. The zero-order valence-electron chi connectivity index (χ0n) is 10.2. The van der Waals surface area contributed by atoms with E-state index in [2.05, 4.69) is 0 Å². The van der Waals surface area contributed by atoms with Crippen LogP contribution >= 0.6 is 0 Å². The number of hydrogen-bond donors (Lipinski definition) is 0. The predicted octanol–water partition coefficient (Wildman–Crippen LogP) is 1.89. The third-order valence-corrected chi connectivity index (χ3v) is 3.63. The highest BCUT2D eigenvalue weighted by Gasteiger charge is 2.48. The van der Waals surface area contributed by atoms with E-state index in [9.17, 15) is 4.79 Å². The van der Waals surface area contributed by atoms with Crippen molar-refractivity contribution in [3.63, 3.8) is 0 Å². The van der Waals surface area contributed by atoms with Crippen LogP contribution in [0.1, 0.15) is 45.4 Å². The van der Waals surface area contributed by atoms with E-state index < -0.39 is 5.60 Å². The molecule has 92 valence electrons. The monoisotopic (exact) mass is 227 g/mol. The maximum atomic E-state index is 11.7. The second-order valence-corrected chi connectivity index (χ2v) is 5.02. The van der Waals surface area contributed by atoms with Crippen LogP contribution in [0.15, 0.2) is 0 Å². The fourth-order valence-electron chi connectivity index (χ4n) is 2.73. The number of hydroxylamine groups is 2. The minimum atomic E-state index is -0.760. The first-order chi connectivity index (χ1) is 7.65. The van der Waals surface area contributed by atoms with Crippen LogP contribution in [0.25, 0.3) is 0 Å². The fourth-order valence-corrected chi connectivity index (χ4v) is 2.73. The molecule has 0 amide bonds. The Labute approximate surface area is 96.8 Å². The molecule has 0 aliphatic carbocycles. The average molecular weight is 227 g/mol. The first-order valence-electron chi connectivity index (χ1n) is 6.20. The Morgan fingerprint density at radius 2 is 2.12 bits per heavy atom. The molecule has 16 heavy (non-hydrogen) atoms. The number of nitrogens with zero attached hydrogens (tertiary/aromatic N) is 1. The molecular formula is C12H21NO3. The molecule has 0 radical (unpaired) electrons. The Kier molecular flexibility index (Phi) is 3.50. The van der Waals surface area contributed by atoms with Gasteiger partial charge in [-0.25, -0.2) is 4.79 Å². The Hall–Kier alpha value is -0.610. The van der Waals surface area contributed by atoms with Gasteiger partial charge in [0, 0.05) is 19.0 Å². The van der Waals surface area contributed by atoms with E-state index in [1.54, 1.807) is 0 Å². The van der Waals surface area contributed by atoms with Crippen LogP contribution in [0.4, 0.5) is 0 Å². The average Bonchev–Trinajstić information content (AvgIpc) is 2.56. The molecule has 2 rings (SSSR count). The number of carbonyl (C=O) groups is 1. The smallest absolute Gasteiger partial charge is 0.340 e. The van der Waals surface area contributed by atoms with E-state index in [0.29, 0.717) is 6.04 Å². The van der Waals surface area contributed by atoms with Crippen molar-refractivity contribution in [1.82, 2.24) is 5.06 Å². The first kappa shape index (κ1) is 11.9. The highest BCUT2D eigenvalue weighted by atomic mass is 16.7. The quantitative estimate of drug-likeness (QED) is 0.641. The van der Waals surface area contributed by atoms with Crippen LogP contribution in [-0.4, -0.2) is 36.3 Å². The maximum Gasteiger partial charge on any atom is 0.340 e. The minimum Gasteiger partial charge on any atom is -0.467 e. The van der Waals surface area contributed by atoms with E-state index in [0.717, 1.165) is 25.8 Å². The van der Waals surface area contributed by atoms with Gasteiger partial charge >= 0.3 is 5.97 Å². The highest BCUT2D eigenvalue weighted by molar-refractivity contribution is 5.79. The topological polar surface area (TPSA) is 38.8 Å². The molecule has 0 aromatic carbocycles. The molecule has 2 saturated heterocycles. The van der Waals surface area contributed by atoms with Gasteiger partial charge in [0.2, 0.25) is 0 Å². The summed E-state index contributed by atoms with van der Waals surface area (Å²) in [7, 11) is 1.42. The highest BCUT2D eigenvalue weighted by Crippen LogP contribution is 2.35. The van der Waals surface area contributed by atoms with E-state index in [1.165, 1.54) is 26.4 Å². The second kappa shape index (κ2) is 4.72. The molecule has 0 N–H and O–H groups in total. The molecule has 2 heterocycles. The molecule has 4 nitrogen and oxygen atoms in total. The lowest BCUT2D eigenvalue weighted by atomic mass is 9.94. The van der Waals surface area contributed by atoms with Crippen LogP contribution in [0.2, 0.25) is 0 Å². The molecule has 0 aromatic heterocycles. The van der Waals surface area contributed by atoms with Gasteiger partial charge in [-0.1, -0.05) is 19.3 Å². The lowest BCUT2D eigenvalue weighted by molar-refractivity contribution is -0.216. The van der Waals surface area contributed by atoms with Gasteiger partial charge in [-0.3, -0.25) is 4.84 Å². The minimum absolute atomic E-state index is 0.251. The molecular weight excluding hydrogens is 206 g/mol. The predicted molar refractivity (Wildman–Crippen MR) is 59.7 cm³/mol. The largest absolute Gasteiger partial charge is 0.467 e. The molecule has 2 aliphatic heterocycles. The SMILES string of the molecule is COC(=O)[C@]1(C)C[C@H]2CCCCCCN2O1. The van der Waals surface area contributed by atoms with Gasteiger partial charge in [0.25, 0.3) is 0 Å². The van der Waals surface area contributed by atoms with Crippen LogP contribution in [0, 0.1) is 0 Å². The fraction of sp³-hybridized carbons (Fsp3) is 0.917. The summed E-state index contributed by atoms with van der Waals surface area (Å²) in [5.74, 6) is -0.251. The zero-order chi connectivity index (χ0) is 11.6. The van der Waals surface area contributed by atoms with Crippen LogP contribution < -0.4 is 0 Å². The van der Waals surface area contributed by atoms with E-state index in [4.69, 9.17) is 9.57 Å². The van der Waals surface area contributed by atoms with Gasteiger partial charge in [0.1, 0.15) is 0 Å². The Morgan fingerprint density at radius 1 is 1.38 bits per heavy atom. The van der Waals surface area contributed by atoms with Crippen LogP contribution in [0.3, 0.4) is 0 Å². The zero-order valence-corrected chi connectivity index (χ0v) is 10.2. The lowest BCUT2D eigenvalue weighted by Crippen LogP contribution is -2.37. The van der Waals surface area contributed by atoms with Crippen LogP contribution in [-0.2, 0) is 14.4 Å². The van der Waals surface area contributed by atoms with E-state index in [-0.39, 0.29) is 5.97 Å². The number of hydrogen-bond acceptors (Lipinski definition) is 4. The van der Waals surface area contributed by atoms with Gasteiger partial charge in [0.15, 0.2) is 5.60 Å². The van der Waals surface area contributed by atoms with Crippen molar-refractivity contribution in [2.75, 3.05) is 13.7 Å². The first-order valence-corrected chi connectivity index (χ1v) is 6.20. The third kappa shape index (κ3) is 2.23. The summed E-state index contributed by atoms with van der Waals surface area (Å²) >= 11 is 0. The van der Waals surface area contributed by atoms with Gasteiger partial charge < -0.3 is 4.74 Å². The Balaban J connectivity index is 2.05. The molecule has 2 atom stereocenters. The molecule has 0 unspecified atom stereocenters. The van der Waals surface area contributed by atoms with Gasteiger partial charge in [-0.15, -0.1) is 0 Å². The number of methoxy groups -OCH3 is 1. The van der Waals surface area contributed by atoms with Crippen molar-refractivity contribution in [3.05, 3.63) is 0 Å². The molecule has 2 fully saturated rings. The van der Waals surface area contributed by atoms with Gasteiger partial charge in [-0.05, 0) is 19.8 Å². The number of ether oxygens (including phenoxy) is 1. The molecule has 0 spiro atoms. The van der Waals surface area contributed by atoms with Gasteiger partial charge in [0.05, 0.1) is 7.11 Å². The standard InChI is InChI=1S/C12H21NO3/c1-12(11(14)15-2)9-10-7-5-3-4-6-8-13(10)16-12/h10H,3-9H2,1-2H3/t10-,12+/m1/s1. The number of carbonyl (C=O) groups excluding carboxylic acids is 1. The second-order valence-electron chi connectivity index (χ2n) is 5.02. The summed E-state index contributed by atoms with van der Waals surface area (Å²) in [6, 6.07) is 0.393. The number of esters is 1. The molecule has 0 bridgehead atoms. The van der Waals surface area contributed by atoms with Crippen molar-refractivity contribution < 1.29 is 14.4 Å². The lowest BCUT2D eigenvalue weighted by Gasteiger charge is -2.25. The molecule has 0 aromatic rings. The summed E-state index contributed by atoms with van der Waals surface area (Å²) in [4.78, 5) is 17.5. The number of fused-ring (bicyclic) bond motifs is 1. The molecule has 0 saturated carbocycles. The number of rotatable bonds is 1. The van der Waals surface area contributed by atoms with E-state index in [1.807, 2.05) is 12.0 Å². The van der Waals surface area contributed by atoms with Crippen molar-refractivity contribution in [2.45, 2.75) is 57.1 Å². The van der Waals surface area contributed by atoms with Gasteiger partial charge in [-0.2, -0.15) is 5.06 Å². The van der Waals surface area contributed by atoms with Crippen molar-refractivity contribution in [2.24, 2.45) is 0 Å². The summed E-state index contributed by atoms with van der Waals surface area (Å²) in [6.45, 7) is 2.78. The maximum absolute atomic E-state index is 11.7. The molecule has 4 heteroatoms.